The molecule has 6 rings (SSSR count). The van der Waals surface area contributed by atoms with Gasteiger partial charge in [0.2, 0.25) is 15.9 Å². The summed E-state index contributed by atoms with van der Waals surface area (Å²) in [4.78, 5) is 37.9. The highest BCUT2D eigenvalue weighted by atomic mass is 35.5. The molecule has 0 fully saturated rings. The molecule has 0 spiro atoms. The highest BCUT2D eigenvalue weighted by Crippen LogP contribution is 2.23. The number of halogens is 1. The zero-order valence-corrected chi connectivity index (χ0v) is 28.6. The number of hydrogen-bond acceptors (Lipinski definition) is 11. The fourth-order valence-electron chi connectivity index (χ4n) is 4.96. The van der Waals surface area contributed by atoms with Gasteiger partial charge in [0.05, 0.1) is 40.7 Å². The van der Waals surface area contributed by atoms with Crippen LogP contribution in [0.15, 0.2) is 113 Å². The molecule has 0 saturated carbocycles. The maximum Gasteiger partial charge on any atom is 0.411 e. The summed E-state index contributed by atoms with van der Waals surface area (Å²) in [5.41, 5.74) is 2.21. The predicted molar refractivity (Wildman–Crippen MR) is 189 cm³/mol. The van der Waals surface area contributed by atoms with E-state index in [1.165, 1.54) is 53.2 Å². The summed E-state index contributed by atoms with van der Waals surface area (Å²) in [5, 5.41) is 27.6. The van der Waals surface area contributed by atoms with Crippen LogP contribution in [0.5, 0.6) is 0 Å². The van der Waals surface area contributed by atoms with Crippen LogP contribution < -0.4 is 20.9 Å². The summed E-state index contributed by atoms with van der Waals surface area (Å²) in [6, 6.07) is 19.5. The molecule has 3 heterocycles. The van der Waals surface area contributed by atoms with Gasteiger partial charge in [-0.2, -0.15) is 14.9 Å². The number of hydrogen-bond donors (Lipinski definition) is 4. The summed E-state index contributed by atoms with van der Waals surface area (Å²) < 4.78 is 37.1. The summed E-state index contributed by atoms with van der Waals surface area (Å²) in [6.07, 6.45) is 6.69. The molecular weight excluding hydrogens is 714 g/mol. The average molecular weight is 742 g/mol. The maximum absolute atomic E-state index is 13.5. The predicted octanol–water partition coefficient (Wildman–Crippen LogP) is 3.28. The van der Waals surface area contributed by atoms with Crippen LogP contribution in [-0.4, -0.2) is 74.3 Å². The third-order valence-corrected chi connectivity index (χ3v) is 9.15. The second-order valence-electron chi connectivity index (χ2n) is 10.9. The Bertz CT molecular complexity index is 2400. The average Bonchev–Trinajstić information content (AvgIpc) is 3.89. The number of carbonyl (C=O) groups is 2. The lowest BCUT2D eigenvalue weighted by atomic mass is 10.0. The Hall–Kier alpha value is -6.50. The number of methoxy groups -OCH3 is 1. The molecule has 0 radical (unpaired) electrons. The number of H-pyrrole nitrogens is 1. The van der Waals surface area contributed by atoms with Crippen molar-refractivity contribution in [1.82, 2.24) is 50.2 Å². The van der Waals surface area contributed by atoms with E-state index in [2.05, 4.69) is 50.9 Å². The monoisotopic (exact) mass is 741 g/mol. The SMILES string of the molecule is COC(=O)Nc1ccc(-c2cc([C@H](CNS(=O)(=O)c3cccc(-n4cccn4)c3)NC(=O)/C=C/c3cc(Cl)ccc3-n3cnnn3)n[nH]c2=O)cc1. The van der Waals surface area contributed by atoms with Gasteiger partial charge in [0, 0.05) is 41.3 Å². The Morgan fingerprint density at radius 3 is 2.60 bits per heavy atom. The molecule has 19 heteroatoms. The van der Waals surface area contributed by atoms with Crippen molar-refractivity contribution in [3.8, 4) is 22.5 Å². The molecule has 0 unspecified atom stereocenters. The Morgan fingerprint density at radius 1 is 1.04 bits per heavy atom. The third kappa shape index (κ3) is 8.44. The number of anilines is 1. The summed E-state index contributed by atoms with van der Waals surface area (Å²) >= 11 is 6.22. The minimum absolute atomic E-state index is 0.0441. The number of aromatic amines is 1. The number of carbonyl (C=O) groups excluding carboxylic acids is 2. The van der Waals surface area contributed by atoms with Crippen LogP contribution in [0.3, 0.4) is 0 Å². The van der Waals surface area contributed by atoms with Gasteiger partial charge in [0.1, 0.15) is 6.33 Å². The second-order valence-corrected chi connectivity index (χ2v) is 13.1. The number of benzene rings is 3. The minimum Gasteiger partial charge on any atom is -0.453 e. The lowest BCUT2D eigenvalue weighted by Crippen LogP contribution is -2.38. The van der Waals surface area contributed by atoms with E-state index < -0.39 is 33.6 Å². The van der Waals surface area contributed by atoms with Crippen molar-refractivity contribution in [2.24, 2.45) is 0 Å². The first-order valence-corrected chi connectivity index (χ1v) is 17.1. The van der Waals surface area contributed by atoms with Crippen molar-refractivity contribution in [2.45, 2.75) is 10.9 Å². The molecule has 3 aromatic carbocycles. The van der Waals surface area contributed by atoms with Crippen LogP contribution in [-0.2, 0) is 19.6 Å². The fourth-order valence-corrected chi connectivity index (χ4v) is 6.23. The molecule has 6 aromatic rings. The van der Waals surface area contributed by atoms with Crippen LogP contribution >= 0.6 is 11.6 Å². The smallest absolute Gasteiger partial charge is 0.411 e. The van der Waals surface area contributed by atoms with E-state index >= 15 is 0 Å². The molecule has 0 saturated heterocycles. The number of amides is 2. The first kappa shape index (κ1) is 35.3. The quantitative estimate of drug-likeness (QED) is 0.133. The van der Waals surface area contributed by atoms with Gasteiger partial charge in [-0.1, -0.05) is 29.8 Å². The van der Waals surface area contributed by atoms with Gasteiger partial charge in [-0.15, -0.1) is 5.10 Å². The number of sulfonamides is 1. The van der Waals surface area contributed by atoms with E-state index in [0.29, 0.717) is 33.2 Å². The minimum atomic E-state index is -4.13. The Kier molecular flexibility index (Phi) is 10.6. The van der Waals surface area contributed by atoms with E-state index in [1.54, 1.807) is 73.1 Å². The standard InChI is InChI=1S/C33H28ClN11O6S/c1-51-33(48)38-24-10-6-21(7-11-24)27-18-28(40-41-32(27)47)29(19-37-52(49,50)26-5-2-4-25(17-26)44-15-3-14-36-44)39-31(46)13-8-22-16-23(34)9-12-30(22)45-20-35-42-43-45/h2-18,20,29,37H,19H2,1H3,(H,38,48)(H,39,46)(H,41,47)/b13-8+/t29-/m0/s1. The van der Waals surface area contributed by atoms with E-state index in [4.69, 9.17) is 11.6 Å². The zero-order chi connectivity index (χ0) is 36.7. The maximum atomic E-state index is 13.5. The van der Waals surface area contributed by atoms with Crippen LogP contribution in [0, 0.1) is 0 Å². The van der Waals surface area contributed by atoms with Crippen molar-refractivity contribution in [2.75, 3.05) is 19.0 Å². The van der Waals surface area contributed by atoms with Gasteiger partial charge in [-0.05, 0) is 82.7 Å². The number of ether oxygens (including phenoxy) is 1. The van der Waals surface area contributed by atoms with Crippen molar-refractivity contribution >= 4 is 45.4 Å². The normalized spacial score (nSPS) is 12.0. The van der Waals surface area contributed by atoms with E-state index in [0.717, 1.165) is 0 Å². The molecule has 4 N–H and O–H groups in total. The first-order valence-electron chi connectivity index (χ1n) is 15.3. The number of tetrazole rings is 1. The highest BCUT2D eigenvalue weighted by Gasteiger charge is 2.22. The highest BCUT2D eigenvalue weighted by molar-refractivity contribution is 7.89. The molecule has 1 atom stereocenters. The van der Waals surface area contributed by atoms with E-state index in [-0.39, 0.29) is 22.7 Å². The largest absolute Gasteiger partial charge is 0.453 e. The Balaban J connectivity index is 1.29. The number of nitrogens with one attached hydrogen (secondary N) is 4. The lowest BCUT2D eigenvalue weighted by Gasteiger charge is -2.19. The molecule has 0 bridgehead atoms. The summed E-state index contributed by atoms with van der Waals surface area (Å²) in [5.74, 6) is -0.625. The fraction of sp³-hybridized carbons (Fsp3) is 0.0909. The molecule has 0 aliphatic rings. The van der Waals surface area contributed by atoms with Crippen LogP contribution in [0.1, 0.15) is 17.3 Å². The second kappa shape index (κ2) is 15.6. The van der Waals surface area contributed by atoms with E-state index in [9.17, 15) is 22.8 Å². The molecule has 52 heavy (non-hydrogen) atoms. The van der Waals surface area contributed by atoms with Crippen molar-refractivity contribution in [1.29, 1.82) is 0 Å². The molecular formula is C33H28ClN11O6S. The van der Waals surface area contributed by atoms with E-state index in [1.807, 2.05) is 0 Å². The van der Waals surface area contributed by atoms with Crippen LogP contribution in [0.25, 0.3) is 28.6 Å². The topological polar surface area (TPSA) is 221 Å². The van der Waals surface area contributed by atoms with Crippen molar-refractivity contribution in [3.63, 3.8) is 0 Å². The van der Waals surface area contributed by atoms with Crippen molar-refractivity contribution in [3.05, 3.63) is 130 Å². The van der Waals surface area contributed by atoms with Crippen LogP contribution in [0.4, 0.5) is 10.5 Å². The molecule has 264 valence electrons. The Labute approximate surface area is 300 Å². The number of rotatable bonds is 12. The molecule has 2 amide bonds. The van der Waals surface area contributed by atoms with Crippen LogP contribution in [0.2, 0.25) is 5.02 Å². The third-order valence-electron chi connectivity index (χ3n) is 7.50. The lowest BCUT2D eigenvalue weighted by molar-refractivity contribution is -0.117. The zero-order valence-electron chi connectivity index (χ0n) is 27.0. The van der Waals surface area contributed by atoms with Gasteiger partial charge >= 0.3 is 6.09 Å². The van der Waals surface area contributed by atoms with Gasteiger partial charge < -0.3 is 10.1 Å². The summed E-state index contributed by atoms with van der Waals surface area (Å²) in [7, 11) is -2.90. The van der Waals surface area contributed by atoms with Crippen molar-refractivity contribution < 1.29 is 22.7 Å². The van der Waals surface area contributed by atoms with Gasteiger partial charge in [-0.25, -0.2) is 27.7 Å². The Morgan fingerprint density at radius 2 is 1.87 bits per heavy atom. The molecule has 17 nitrogen and oxygen atoms in total. The summed E-state index contributed by atoms with van der Waals surface area (Å²) in [6.45, 7) is -0.360. The molecule has 0 aliphatic carbocycles. The molecule has 3 aromatic heterocycles. The number of aromatic nitrogens is 8. The molecule has 0 aliphatic heterocycles. The first-order chi connectivity index (χ1) is 25.1. The number of nitrogens with zero attached hydrogens (tertiary/aromatic N) is 7. The van der Waals surface area contributed by atoms with Gasteiger partial charge in [0.15, 0.2) is 0 Å². The van der Waals surface area contributed by atoms with Gasteiger partial charge in [0.25, 0.3) is 5.56 Å². The van der Waals surface area contributed by atoms with Gasteiger partial charge in [-0.3, -0.25) is 14.9 Å².